The first-order chi connectivity index (χ1) is 11.1. The number of allylic oxidation sites excluding steroid dienone is 4. The molecule has 0 spiro atoms. The number of halogens is 2. The molecule has 0 heterocycles. The summed E-state index contributed by atoms with van der Waals surface area (Å²) in [5.74, 6) is 2.76. The van der Waals surface area contributed by atoms with E-state index in [4.69, 9.17) is 37.4 Å². The molecule has 2 aliphatic carbocycles. The van der Waals surface area contributed by atoms with Gasteiger partial charge in [-0.15, -0.1) is 23.2 Å². The Morgan fingerprint density at radius 2 is 1.30 bits per heavy atom. The Kier molecular flexibility index (Phi) is 6.63. The molecule has 0 N–H and O–H groups in total. The molecule has 0 saturated heterocycles. The lowest BCUT2D eigenvalue weighted by atomic mass is 9.82. The number of hydrogen-bond acceptors (Lipinski definition) is 3. The van der Waals surface area contributed by atoms with E-state index in [1.807, 2.05) is 12.2 Å². The highest BCUT2D eigenvalue weighted by Gasteiger charge is 2.32. The van der Waals surface area contributed by atoms with E-state index in [0.717, 1.165) is 24.4 Å². The van der Waals surface area contributed by atoms with Crippen molar-refractivity contribution in [1.82, 2.24) is 0 Å². The quantitative estimate of drug-likeness (QED) is 0.600. The average molecular weight is 359 g/mol. The van der Waals surface area contributed by atoms with Crippen LogP contribution in [0.2, 0.25) is 0 Å². The number of hydrogen-bond donors (Lipinski definition) is 0. The summed E-state index contributed by atoms with van der Waals surface area (Å²) in [4.78, 5) is 0. The molecule has 2 unspecified atom stereocenters. The summed E-state index contributed by atoms with van der Waals surface area (Å²) in [7, 11) is 3.34. The van der Waals surface area contributed by atoms with E-state index in [2.05, 4.69) is 24.3 Å². The zero-order chi connectivity index (χ0) is 16.8. The van der Waals surface area contributed by atoms with E-state index in [1.165, 1.54) is 0 Å². The maximum absolute atomic E-state index is 6.19. The fourth-order valence-electron chi connectivity index (χ4n) is 2.65. The lowest BCUT2D eigenvalue weighted by Crippen LogP contribution is -2.33. The number of methoxy groups -OCH3 is 2. The van der Waals surface area contributed by atoms with Crippen molar-refractivity contribution in [1.29, 1.82) is 0 Å². The van der Waals surface area contributed by atoms with Crippen molar-refractivity contribution in [3.05, 3.63) is 48.0 Å². The zero-order valence-corrected chi connectivity index (χ0v) is 15.2. The molecular formula is C18H24Cl2O3. The van der Waals surface area contributed by atoms with Gasteiger partial charge in [-0.05, 0) is 37.1 Å². The van der Waals surface area contributed by atoms with Crippen LogP contribution in [0.25, 0.3) is 0 Å². The summed E-state index contributed by atoms with van der Waals surface area (Å²) in [5, 5.41) is 0. The summed E-state index contributed by atoms with van der Waals surface area (Å²) >= 11 is 12.4. The van der Waals surface area contributed by atoms with Crippen LogP contribution in [0.1, 0.15) is 12.8 Å². The minimum atomic E-state index is -0.178. The van der Waals surface area contributed by atoms with Crippen molar-refractivity contribution in [2.75, 3.05) is 39.2 Å². The number of ether oxygens (including phenoxy) is 3. The molecule has 0 bridgehead atoms. The lowest BCUT2D eigenvalue weighted by Gasteiger charge is -2.34. The topological polar surface area (TPSA) is 27.7 Å². The molecule has 5 heteroatoms. The Hall–Kier alpha value is -0.900. The van der Waals surface area contributed by atoms with Gasteiger partial charge in [-0.3, -0.25) is 0 Å². The molecular weight excluding hydrogens is 335 g/mol. The van der Waals surface area contributed by atoms with Gasteiger partial charge in [0.25, 0.3) is 0 Å². The molecule has 23 heavy (non-hydrogen) atoms. The highest BCUT2D eigenvalue weighted by Crippen LogP contribution is 2.35. The van der Waals surface area contributed by atoms with Crippen molar-refractivity contribution < 1.29 is 14.2 Å². The Labute approximate surface area is 148 Å². The van der Waals surface area contributed by atoms with Crippen LogP contribution in [0, 0.1) is 10.8 Å². The molecule has 2 atom stereocenters. The monoisotopic (exact) mass is 358 g/mol. The van der Waals surface area contributed by atoms with Gasteiger partial charge in [0.2, 0.25) is 0 Å². The fraction of sp³-hybridized carbons (Fsp3) is 0.556. The molecule has 0 radical (unpaired) electrons. The second-order valence-electron chi connectivity index (χ2n) is 6.18. The van der Waals surface area contributed by atoms with E-state index in [0.29, 0.717) is 25.0 Å². The lowest BCUT2D eigenvalue weighted by molar-refractivity contribution is 0.0362. The second-order valence-corrected chi connectivity index (χ2v) is 6.72. The smallest absolute Gasteiger partial charge is 0.114 e. The van der Waals surface area contributed by atoms with Crippen molar-refractivity contribution >= 4 is 23.2 Å². The van der Waals surface area contributed by atoms with Crippen molar-refractivity contribution in [2.24, 2.45) is 10.8 Å². The van der Waals surface area contributed by atoms with Crippen LogP contribution in [0.4, 0.5) is 0 Å². The summed E-state index contributed by atoms with van der Waals surface area (Å²) in [6, 6.07) is 0. The standard InChI is InChI=1S/C18H24Cl2O3/c1-21-15-3-7-17(11-19,8-4-15)13-23-14-18(12-20)9-5-16(22-2)6-10-18/h3-7,9H,8,10-14H2,1-2H3. The summed E-state index contributed by atoms with van der Waals surface area (Å²) in [5.41, 5.74) is -0.355. The first-order valence-corrected chi connectivity index (χ1v) is 8.74. The number of alkyl halides is 2. The van der Waals surface area contributed by atoms with Crippen LogP contribution in [-0.4, -0.2) is 39.2 Å². The third-order valence-corrected chi connectivity index (χ3v) is 5.47. The molecule has 2 rings (SSSR count). The SMILES string of the molecule is COC1=CCC(CCl)(COCC2(CCl)C=CC(OC)=CC2)C=C1. The van der Waals surface area contributed by atoms with Crippen LogP contribution in [0.3, 0.4) is 0 Å². The van der Waals surface area contributed by atoms with Crippen LogP contribution >= 0.6 is 23.2 Å². The van der Waals surface area contributed by atoms with E-state index in [9.17, 15) is 0 Å². The Morgan fingerprint density at radius 3 is 1.57 bits per heavy atom. The molecule has 0 amide bonds. The highest BCUT2D eigenvalue weighted by molar-refractivity contribution is 6.18. The molecule has 3 nitrogen and oxygen atoms in total. The van der Waals surface area contributed by atoms with Gasteiger partial charge in [0.1, 0.15) is 11.5 Å². The normalized spacial score (nSPS) is 29.9. The molecule has 0 aromatic heterocycles. The highest BCUT2D eigenvalue weighted by atomic mass is 35.5. The summed E-state index contributed by atoms with van der Waals surface area (Å²) < 4.78 is 16.5. The van der Waals surface area contributed by atoms with Gasteiger partial charge >= 0.3 is 0 Å². The third kappa shape index (κ3) is 4.56. The van der Waals surface area contributed by atoms with Crippen LogP contribution < -0.4 is 0 Å². The molecule has 128 valence electrons. The molecule has 0 aliphatic heterocycles. The van der Waals surface area contributed by atoms with Gasteiger partial charge in [0.05, 0.1) is 27.4 Å². The van der Waals surface area contributed by atoms with E-state index < -0.39 is 0 Å². The van der Waals surface area contributed by atoms with Gasteiger partial charge in [0, 0.05) is 22.6 Å². The zero-order valence-electron chi connectivity index (χ0n) is 13.7. The first-order valence-electron chi connectivity index (χ1n) is 7.67. The van der Waals surface area contributed by atoms with Gasteiger partial charge in [-0.2, -0.15) is 0 Å². The number of rotatable bonds is 8. The summed E-state index contributed by atoms with van der Waals surface area (Å²) in [6.07, 6.45) is 13.8. The Morgan fingerprint density at radius 1 is 0.870 bits per heavy atom. The molecule has 0 fully saturated rings. The first kappa shape index (κ1) is 18.4. The van der Waals surface area contributed by atoms with Gasteiger partial charge in [-0.1, -0.05) is 12.2 Å². The minimum absolute atomic E-state index is 0.178. The van der Waals surface area contributed by atoms with Crippen LogP contribution in [0.5, 0.6) is 0 Å². The van der Waals surface area contributed by atoms with Crippen molar-refractivity contribution in [3.63, 3.8) is 0 Å². The van der Waals surface area contributed by atoms with E-state index >= 15 is 0 Å². The molecule has 0 aromatic carbocycles. The maximum atomic E-state index is 6.19. The van der Waals surface area contributed by atoms with E-state index in [1.54, 1.807) is 14.2 Å². The van der Waals surface area contributed by atoms with Gasteiger partial charge in [0.15, 0.2) is 0 Å². The van der Waals surface area contributed by atoms with Gasteiger partial charge < -0.3 is 14.2 Å². The fourth-order valence-corrected chi connectivity index (χ4v) is 3.20. The van der Waals surface area contributed by atoms with Crippen LogP contribution in [-0.2, 0) is 14.2 Å². The third-order valence-electron chi connectivity index (χ3n) is 4.40. The van der Waals surface area contributed by atoms with Crippen LogP contribution in [0.15, 0.2) is 48.0 Å². The van der Waals surface area contributed by atoms with Gasteiger partial charge in [-0.25, -0.2) is 0 Å². The largest absolute Gasteiger partial charge is 0.497 e. The molecule has 0 saturated carbocycles. The second kappa shape index (κ2) is 8.27. The predicted molar refractivity (Wildman–Crippen MR) is 94.8 cm³/mol. The minimum Gasteiger partial charge on any atom is -0.497 e. The van der Waals surface area contributed by atoms with Crippen molar-refractivity contribution in [2.45, 2.75) is 12.8 Å². The predicted octanol–water partition coefficient (Wildman–Crippen LogP) is 4.43. The molecule has 0 aromatic rings. The average Bonchev–Trinajstić information content (AvgIpc) is 2.63. The van der Waals surface area contributed by atoms with E-state index in [-0.39, 0.29) is 10.8 Å². The maximum Gasteiger partial charge on any atom is 0.114 e. The molecule has 2 aliphatic rings. The Bertz CT molecular complexity index is 478. The Balaban J connectivity index is 1.91. The van der Waals surface area contributed by atoms with Crippen molar-refractivity contribution in [3.8, 4) is 0 Å². The summed E-state index contributed by atoms with van der Waals surface area (Å²) in [6.45, 7) is 1.13.